The van der Waals surface area contributed by atoms with Crippen molar-refractivity contribution in [1.29, 1.82) is 0 Å². The van der Waals surface area contributed by atoms with Gasteiger partial charge in [-0.05, 0) is 33.3 Å². The monoisotopic (exact) mass is 250 g/mol. The van der Waals surface area contributed by atoms with Crippen LogP contribution in [0, 0.1) is 6.92 Å². The zero-order valence-electron chi connectivity index (χ0n) is 12.2. The summed E-state index contributed by atoms with van der Waals surface area (Å²) < 4.78 is 2.13. The van der Waals surface area contributed by atoms with Gasteiger partial charge in [-0.25, -0.2) is 0 Å². The van der Waals surface area contributed by atoms with Crippen LogP contribution < -0.4 is 5.32 Å². The van der Waals surface area contributed by atoms with Crippen molar-refractivity contribution in [1.82, 2.24) is 20.0 Å². The second-order valence-corrected chi connectivity index (χ2v) is 5.54. The molecule has 2 rings (SSSR count). The van der Waals surface area contributed by atoms with Crippen LogP contribution in [0.1, 0.15) is 38.6 Å². The molecule has 0 saturated carbocycles. The van der Waals surface area contributed by atoms with Crippen LogP contribution >= 0.6 is 0 Å². The van der Waals surface area contributed by atoms with Crippen LogP contribution in [0.15, 0.2) is 6.07 Å². The minimum absolute atomic E-state index is 0.273. The molecule has 1 unspecified atom stereocenters. The first-order chi connectivity index (χ1) is 8.59. The van der Waals surface area contributed by atoms with Gasteiger partial charge in [0.1, 0.15) is 0 Å². The molecule has 0 amide bonds. The summed E-state index contributed by atoms with van der Waals surface area (Å²) >= 11 is 0. The number of nitrogens with zero attached hydrogens (tertiary/aromatic N) is 3. The van der Waals surface area contributed by atoms with E-state index >= 15 is 0 Å². The number of aryl methyl sites for hydroxylation is 2. The van der Waals surface area contributed by atoms with E-state index in [4.69, 9.17) is 0 Å². The van der Waals surface area contributed by atoms with Gasteiger partial charge in [0.2, 0.25) is 0 Å². The van der Waals surface area contributed by atoms with E-state index in [0.717, 1.165) is 38.4 Å². The van der Waals surface area contributed by atoms with Crippen molar-refractivity contribution < 1.29 is 0 Å². The van der Waals surface area contributed by atoms with Crippen LogP contribution in [0.2, 0.25) is 0 Å². The summed E-state index contributed by atoms with van der Waals surface area (Å²) in [6, 6.07) is 2.22. The highest BCUT2D eigenvalue weighted by Gasteiger charge is 2.32. The topological polar surface area (TPSA) is 33.1 Å². The highest BCUT2D eigenvalue weighted by Crippen LogP contribution is 2.23. The van der Waals surface area contributed by atoms with Gasteiger partial charge in [-0.3, -0.25) is 9.58 Å². The normalized spacial score (nSPS) is 25.6. The molecule has 1 aromatic heterocycles. The fourth-order valence-electron chi connectivity index (χ4n) is 2.77. The molecule has 1 fully saturated rings. The quantitative estimate of drug-likeness (QED) is 0.884. The maximum atomic E-state index is 4.54. The van der Waals surface area contributed by atoms with E-state index in [1.54, 1.807) is 0 Å². The first kappa shape index (κ1) is 13.6. The molecule has 1 atom stereocenters. The molecule has 0 aliphatic carbocycles. The van der Waals surface area contributed by atoms with E-state index in [1.807, 2.05) is 0 Å². The van der Waals surface area contributed by atoms with E-state index in [0.29, 0.717) is 0 Å². The fourth-order valence-corrected chi connectivity index (χ4v) is 2.77. The third-order valence-corrected chi connectivity index (χ3v) is 4.23. The van der Waals surface area contributed by atoms with Crippen LogP contribution in [-0.4, -0.2) is 39.9 Å². The lowest BCUT2D eigenvalue weighted by atomic mass is 9.94. The molecule has 18 heavy (non-hydrogen) atoms. The Labute approximate surface area is 110 Å². The maximum Gasteiger partial charge on any atom is 0.0597 e. The molecule has 1 aliphatic rings. The maximum absolute atomic E-state index is 4.54. The molecule has 4 nitrogen and oxygen atoms in total. The van der Waals surface area contributed by atoms with Crippen molar-refractivity contribution >= 4 is 0 Å². The van der Waals surface area contributed by atoms with Gasteiger partial charge >= 0.3 is 0 Å². The smallest absolute Gasteiger partial charge is 0.0597 e. The number of piperazine rings is 1. The van der Waals surface area contributed by atoms with Gasteiger partial charge < -0.3 is 5.32 Å². The molecule has 4 heteroatoms. The summed E-state index contributed by atoms with van der Waals surface area (Å²) in [5.41, 5.74) is 2.74. The Morgan fingerprint density at radius 2 is 2.22 bits per heavy atom. The molecule has 102 valence electrons. The van der Waals surface area contributed by atoms with Crippen molar-refractivity contribution in [2.75, 3.05) is 19.6 Å². The molecule has 2 heterocycles. The summed E-state index contributed by atoms with van der Waals surface area (Å²) in [5.74, 6) is 0. The van der Waals surface area contributed by atoms with Gasteiger partial charge in [0, 0.05) is 38.3 Å². The molecule has 0 aromatic carbocycles. The summed E-state index contributed by atoms with van der Waals surface area (Å²) in [5, 5.41) is 8.05. The number of hydrogen-bond acceptors (Lipinski definition) is 3. The first-order valence-electron chi connectivity index (χ1n) is 7.08. The standard InChI is InChI=1S/C14H26N4/c1-5-14(4)11-15-7-8-17(14)10-13-9-12(3)16-18(13)6-2/h9,15H,5-8,10-11H2,1-4H3. The molecular weight excluding hydrogens is 224 g/mol. The van der Waals surface area contributed by atoms with Crippen LogP contribution in [0.4, 0.5) is 0 Å². The lowest BCUT2D eigenvalue weighted by Gasteiger charge is -2.44. The zero-order valence-corrected chi connectivity index (χ0v) is 12.2. The molecule has 0 radical (unpaired) electrons. The third kappa shape index (κ3) is 2.59. The Morgan fingerprint density at radius 1 is 1.44 bits per heavy atom. The summed E-state index contributed by atoms with van der Waals surface area (Å²) in [6.45, 7) is 14.1. The van der Waals surface area contributed by atoms with Crippen molar-refractivity contribution in [3.05, 3.63) is 17.5 Å². The molecular formula is C14H26N4. The SMILES string of the molecule is CCn1nc(C)cc1CN1CCNCC1(C)CC. The zero-order chi connectivity index (χ0) is 13.2. The van der Waals surface area contributed by atoms with Gasteiger partial charge in [-0.1, -0.05) is 6.92 Å². The second kappa shape index (κ2) is 5.41. The van der Waals surface area contributed by atoms with E-state index in [1.165, 1.54) is 12.1 Å². The van der Waals surface area contributed by atoms with Crippen molar-refractivity contribution in [2.24, 2.45) is 0 Å². The number of aromatic nitrogens is 2. The molecule has 1 aliphatic heterocycles. The average Bonchev–Trinajstić information content (AvgIpc) is 2.72. The first-order valence-corrected chi connectivity index (χ1v) is 7.08. The van der Waals surface area contributed by atoms with Crippen LogP contribution in [0.3, 0.4) is 0 Å². The van der Waals surface area contributed by atoms with E-state index in [-0.39, 0.29) is 5.54 Å². The fraction of sp³-hybridized carbons (Fsp3) is 0.786. The summed E-state index contributed by atoms with van der Waals surface area (Å²) in [7, 11) is 0. The predicted molar refractivity (Wildman–Crippen MR) is 74.6 cm³/mol. The summed E-state index contributed by atoms with van der Waals surface area (Å²) in [4.78, 5) is 2.60. The van der Waals surface area contributed by atoms with Crippen molar-refractivity contribution in [3.8, 4) is 0 Å². The van der Waals surface area contributed by atoms with Crippen LogP contribution in [0.25, 0.3) is 0 Å². The number of rotatable bonds is 4. The van der Waals surface area contributed by atoms with E-state index in [2.05, 4.69) is 53.8 Å². The predicted octanol–water partition coefficient (Wildman–Crippen LogP) is 1.79. The van der Waals surface area contributed by atoms with Crippen molar-refractivity contribution in [3.63, 3.8) is 0 Å². The molecule has 1 saturated heterocycles. The molecule has 1 N–H and O–H groups in total. The van der Waals surface area contributed by atoms with E-state index in [9.17, 15) is 0 Å². The number of nitrogens with one attached hydrogen (secondary N) is 1. The molecule has 0 bridgehead atoms. The summed E-state index contributed by atoms with van der Waals surface area (Å²) in [6.07, 6.45) is 1.18. The highest BCUT2D eigenvalue weighted by atomic mass is 15.3. The Bertz CT molecular complexity index is 398. The highest BCUT2D eigenvalue weighted by molar-refractivity contribution is 5.10. The third-order valence-electron chi connectivity index (χ3n) is 4.23. The Kier molecular flexibility index (Phi) is 4.07. The average molecular weight is 250 g/mol. The van der Waals surface area contributed by atoms with Gasteiger partial charge in [-0.2, -0.15) is 5.10 Å². The lowest BCUT2D eigenvalue weighted by Crippen LogP contribution is -2.58. The Morgan fingerprint density at radius 3 is 2.89 bits per heavy atom. The van der Waals surface area contributed by atoms with Crippen LogP contribution in [0.5, 0.6) is 0 Å². The van der Waals surface area contributed by atoms with Gasteiger partial charge in [0.15, 0.2) is 0 Å². The minimum Gasteiger partial charge on any atom is -0.314 e. The minimum atomic E-state index is 0.273. The second-order valence-electron chi connectivity index (χ2n) is 5.54. The van der Waals surface area contributed by atoms with Crippen molar-refractivity contribution in [2.45, 2.75) is 52.7 Å². The lowest BCUT2D eigenvalue weighted by molar-refractivity contribution is 0.0612. The van der Waals surface area contributed by atoms with Crippen LogP contribution in [-0.2, 0) is 13.1 Å². The number of hydrogen-bond donors (Lipinski definition) is 1. The molecule has 0 spiro atoms. The Balaban J connectivity index is 2.15. The molecule has 1 aromatic rings. The van der Waals surface area contributed by atoms with Gasteiger partial charge in [-0.15, -0.1) is 0 Å². The van der Waals surface area contributed by atoms with Gasteiger partial charge in [0.25, 0.3) is 0 Å². The van der Waals surface area contributed by atoms with E-state index < -0.39 is 0 Å². The largest absolute Gasteiger partial charge is 0.314 e. The Hall–Kier alpha value is -0.870. The van der Waals surface area contributed by atoms with Gasteiger partial charge in [0.05, 0.1) is 11.4 Å².